The summed E-state index contributed by atoms with van der Waals surface area (Å²) in [4.78, 5) is 15.0. The molecule has 0 saturated heterocycles. The van der Waals surface area contributed by atoms with Crippen molar-refractivity contribution in [2.45, 2.75) is 4.90 Å². The van der Waals surface area contributed by atoms with Crippen LogP contribution in [0.2, 0.25) is 0 Å². The zero-order valence-electron chi connectivity index (χ0n) is 9.50. The minimum absolute atomic E-state index is 0.109. The first kappa shape index (κ1) is 13.3. The van der Waals surface area contributed by atoms with E-state index in [0.717, 1.165) is 6.07 Å². The van der Waals surface area contributed by atoms with E-state index in [9.17, 15) is 17.9 Å². The summed E-state index contributed by atoms with van der Waals surface area (Å²) in [7, 11) is 0. The van der Waals surface area contributed by atoms with Crippen molar-refractivity contribution in [1.29, 1.82) is 0 Å². The molecule has 1 aromatic heterocycles. The molecule has 0 spiro atoms. The molecule has 0 radical (unpaired) electrons. The maximum absolute atomic E-state index is 13.4. The van der Waals surface area contributed by atoms with E-state index in [1.165, 1.54) is 30.6 Å². The number of halogens is 1. The first-order chi connectivity index (χ1) is 9.09. The Labute approximate surface area is 110 Å². The fourth-order valence-electron chi connectivity index (χ4n) is 1.47. The van der Waals surface area contributed by atoms with Crippen molar-refractivity contribution in [3.63, 3.8) is 0 Å². The highest BCUT2D eigenvalue weighted by Crippen LogP contribution is 2.22. The van der Waals surface area contributed by atoms with Crippen LogP contribution in [0.5, 0.6) is 0 Å². The number of anilines is 1. The van der Waals surface area contributed by atoms with Gasteiger partial charge >= 0.3 is 0 Å². The molecule has 7 heteroatoms. The van der Waals surface area contributed by atoms with Gasteiger partial charge in [-0.25, -0.2) is 4.39 Å². The van der Waals surface area contributed by atoms with Crippen molar-refractivity contribution in [2.75, 3.05) is 5.32 Å². The van der Waals surface area contributed by atoms with Crippen molar-refractivity contribution in [1.82, 2.24) is 4.98 Å². The number of hydrogen-bond donors (Lipinski definition) is 1. The summed E-state index contributed by atoms with van der Waals surface area (Å²) < 4.78 is 35.3. The zero-order valence-corrected chi connectivity index (χ0v) is 10.3. The van der Waals surface area contributed by atoms with Crippen LogP contribution in [0.1, 0.15) is 10.4 Å². The van der Waals surface area contributed by atoms with Gasteiger partial charge in [-0.05, 0) is 35.3 Å². The Balaban J connectivity index is 2.32. The van der Waals surface area contributed by atoms with Gasteiger partial charge in [0.2, 0.25) is 0 Å². The summed E-state index contributed by atoms with van der Waals surface area (Å²) in [5, 5.41) is 2.34. The lowest BCUT2D eigenvalue weighted by atomic mass is 10.2. The van der Waals surface area contributed by atoms with Crippen molar-refractivity contribution in [2.24, 2.45) is 0 Å². The molecule has 1 N–H and O–H groups in total. The average Bonchev–Trinajstić information content (AvgIpc) is 2.39. The molecular formula is C12H8FN2O3S-. The summed E-state index contributed by atoms with van der Waals surface area (Å²) in [6.07, 6.45) is 2.82. The number of benzene rings is 1. The Kier molecular flexibility index (Phi) is 3.98. The van der Waals surface area contributed by atoms with Crippen LogP contribution in [0.15, 0.2) is 47.6 Å². The molecule has 98 valence electrons. The maximum Gasteiger partial charge on any atom is 0.257 e. The van der Waals surface area contributed by atoms with Crippen molar-refractivity contribution in [3.8, 4) is 0 Å². The lowest BCUT2D eigenvalue weighted by Gasteiger charge is -2.13. The third kappa shape index (κ3) is 3.01. The van der Waals surface area contributed by atoms with E-state index < -0.39 is 27.7 Å². The molecule has 1 heterocycles. The van der Waals surface area contributed by atoms with Gasteiger partial charge in [0.15, 0.2) is 0 Å². The van der Waals surface area contributed by atoms with Crippen LogP contribution >= 0.6 is 0 Å². The number of nitrogens with one attached hydrogen (secondary N) is 1. The summed E-state index contributed by atoms with van der Waals surface area (Å²) in [6, 6.07) is 6.69. The predicted molar refractivity (Wildman–Crippen MR) is 65.8 cm³/mol. The van der Waals surface area contributed by atoms with Crippen LogP contribution in [-0.4, -0.2) is 19.7 Å². The third-order valence-electron chi connectivity index (χ3n) is 2.31. The predicted octanol–water partition coefficient (Wildman–Crippen LogP) is 1.71. The van der Waals surface area contributed by atoms with Crippen molar-refractivity contribution >= 4 is 22.7 Å². The van der Waals surface area contributed by atoms with Gasteiger partial charge < -0.3 is 9.87 Å². The van der Waals surface area contributed by atoms with Gasteiger partial charge in [-0.3, -0.25) is 14.0 Å². The summed E-state index contributed by atoms with van der Waals surface area (Å²) in [5.41, 5.74) is 0.136. The van der Waals surface area contributed by atoms with Gasteiger partial charge in [0.05, 0.1) is 16.1 Å². The Morgan fingerprint density at radius 1 is 1.32 bits per heavy atom. The molecule has 1 atom stereocenters. The Bertz CT molecular complexity index is 634. The van der Waals surface area contributed by atoms with E-state index in [0.29, 0.717) is 0 Å². The summed E-state index contributed by atoms with van der Waals surface area (Å²) in [6.45, 7) is 0. The van der Waals surface area contributed by atoms with Crippen LogP contribution in [0.3, 0.4) is 0 Å². The Morgan fingerprint density at radius 3 is 2.74 bits per heavy atom. The van der Waals surface area contributed by atoms with Crippen LogP contribution in [0.25, 0.3) is 0 Å². The van der Waals surface area contributed by atoms with Crippen LogP contribution in [-0.2, 0) is 11.1 Å². The third-order valence-corrected chi connectivity index (χ3v) is 3.05. The zero-order chi connectivity index (χ0) is 13.8. The topological polar surface area (TPSA) is 82.1 Å². The lowest BCUT2D eigenvalue weighted by Crippen LogP contribution is -2.14. The van der Waals surface area contributed by atoms with Gasteiger partial charge in [0, 0.05) is 12.4 Å². The Hall–Kier alpha value is -2.12. The second-order valence-electron chi connectivity index (χ2n) is 3.55. The highest BCUT2D eigenvalue weighted by Gasteiger charge is 2.13. The highest BCUT2D eigenvalue weighted by molar-refractivity contribution is 7.79. The second kappa shape index (κ2) is 5.68. The van der Waals surface area contributed by atoms with E-state index in [1.807, 2.05) is 0 Å². The Morgan fingerprint density at radius 2 is 2.11 bits per heavy atom. The van der Waals surface area contributed by atoms with Crippen molar-refractivity contribution in [3.05, 3.63) is 54.1 Å². The molecule has 1 unspecified atom stereocenters. The number of nitrogens with zero attached hydrogens (tertiary/aromatic N) is 1. The SMILES string of the molecule is O=C(Nc1cccc(F)c1S(=O)[O-])c1cccnc1. The van der Waals surface area contributed by atoms with Gasteiger partial charge in [-0.2, -0.15) is 0 Å². The first-order valence-corrected chi connectivity index (χ1v) is 6.26. The molecule has 5 nitrogen and oxygen atoms in total. The average molecular weight is 279 g/mol. The number of aromatic nitrogens is 1. The molecule has 0 aliphatic carbocycles. The molecule has 19 heavy (non-hydrogen) atoms. The highest BCUT2D eigenvalue weighted by atomic mass is 32.2. The quantitative estimate of drug-likeness (QED) is 0.867. The maximum atomic E-state index is 13.4. The molecule has 1 aromatic carbocycles. The molecule has 0 aliphatic heterocycles. The largest absolute Gasteiger partial charge is 0.768 e. The number of amides is 1. The number of hydrogen-bond acceptors (Lipinski definition) is 4. The molecule has 2 rings (SSSR count). The molecule has 0 saturated carbocycles. The summed E-state index contributed by atoms with van der Waals surface area (Å²) >= 11 is -2.78. The first-order valence-electron chi connectivity index (χ1n) is 5.18. The normalized spacial score (nSPS) is 11.9. The minimum Gasteiger partial charge on any atom is -0.768 e. The molecule has 2 aromatic rings. The van der Waals surface area contributed by atoms with Gasteiger partial charge in [-0.1, -0.05) is 6.07 Å². The fraction of sp³-hybridized carbons (Fsp3) is 0. The van der Waals surface area contributed by atoms with Crippen LogP contribution < -0.4 is 5.32 Å². The number of rotatable bonds is 3. The van der Waals surface area contributed by atoms with E-state index in [4.69, 9.17) is 0 Å². The van der Waals surface area contributed by atoms with E-state index in [1.54, 1.807) is 6.07 Å². The number of carbonyl (C=O) groups excluding carboxylic acids is 1. The number of pyridine rings is 1. The second-order valence-corrected chi connectivity index (χ2v) is 4.42. The van der Waals surface area contributed by atoms with E-state index >= 15 is 0 Å². The van der Waals surface area contributed by atoms with Crippen LogP contribution in [0, 0.1) is 5.82 Å². The molecule has 0 bridgehead atoms. The minimum atomic E-state index is -2.78. The number of carbonyl (C=O) groups is 1. The van der Waals surface area contributed by atoms with Crippen molar-refractivity contribution < 1.29 is 17.9 Å². The van der Waals surface area contributed by atoms with E-state index in [-0.39, 0.29) is 11.3 Å². The lowest BCUT2D eigenvalue weighted by molar-refractivity contribution is 0.102. The molecule has 0 aliphatic rings. The summed E-state index contributed by atoms with van der Waals surface area (Å²) in [5.74, 6) is -1.48. The van der Waals surface area contributed by atoms with Crippen LogP contribution in [0.4, 0.5) is 10.1 Å². The fourth-order valence-corrected chi connectivity index (χ4v) is 1.99. The van der Waals surface area contributed by atoms with Gasteiger partial charge in [-0.15, -0.1) is 0 Å². The molecule has 0 fully saturated rings. The standard InChI is InChI=1S/C12H9FN2O3S/c13-9-4-1-5-10(11(9)19(17)18)15-12(16)8-3-2-6-14-7-8/h1-7H,(H,15,16)(H,17,18)/p-1. The van der Waals surface area contributed by atoms with Gasteiger partial charge in [0.25, 0.3) is 5.91 Å². The molecular weight excluding hydrogens is 271 g/mol. The van der Waals surface area contributed by atoms with E-state index in [2.05, 4.69) is 10.3 Å². The monoisotopic (exact) mass is 279 g/mol. The molecule has 1 amide bonds. The smallest absolute Gasteiger partial charge is 0.257 e. The van der Waals surface area contributed by atoms with Gasteiger partial charge in [0.1, 0.15) is 5.82 Å².